The highest BCUT2D eigenvalue weighted by molar-refractivity contribution is 5.88. The number of aliphatic hydroxyl groups is 1. The second kappa shape index (κ2) is 10.4. The number of nitrogens with zero attached hydrogens (tertiary/aromatic N) is 1. The van der Waals surface area contributed by atoms with E-state index in [1.807, 2.05) is 12.1 Å². The quantitative estimate of drug-likeness (QED) is 0.294. The van der Waals surface area contributed by atoms with Gasteiger partial charge in [0.25, 0.3) is 0 Å². The van der Waals surface area contributed by atoms with Crippen LogP contribution < -0.4 is 20.1 Å². The third-order valence-electron chi connectivity index (χ3n) is 5.55. The SMILES string of the molecule is CCNC(=NCC1CCCC1O)NCCCc1cc2c(OC)cc(OC)cc2[nH]1. The van der Waals surface area contributed by atoms with Crippen LogP contribution in [0.1, 0.15) is 38.3 Å². The number of methoxy groups -OCH3 is 2. The molecule has 2 unspecified atom stereocenters. The molecule has 29 heavy (non-hydrogen) atoms. The average molecular weight is 403 g/mol. The third kappa shape index (κ3) is 5.56. The second-order valence-electron chi connectivity index (χ2n) is 7.59. The largest absolute Gasteiger partial charge is 0.497 e. The van der Waals surface area contributed by atoms with E-state index in [9.17, 15) is 5.11 Å². The lowest BCUT2D eigenvalue weighted by Crippen LogP contribution is -2.38. The van der Waals surface area contributed by atoms with Gasteiger partial charge in [0.05, 0.1) is 25.8 Å². The van der Waals surface area contributed by atoms with Gasteiger partial charge in [0.15, 0.2) is 5.96 Å². The number of hydrogen-bond donors (Lipinski definition) is 4. The van der Waals surface area contributed by atoms with Crippen LogP contribution in [0.3, 0.4) is 0 Å². The maximum atomic E-state index is 9.97. The van der Waals surface area contributed by atoms with Gasteiger partial charge >= 0.3 is 0 Å². The Hall–Kier alpha value is -2.41. The summed E-state index contributed by atoms with van der Waals surface area (Å²) in [6, 6.07) is 6.04. The maximum absolute atomic E-state index is 9.97. The summed E-state index contributed by atoms with van der Waals surface area (Å²) in [5, 5.41) is 17.7. The summed E-state index contributed by atoms with van der Waals surface area (Å²) in [6.07, 6.45) is 4.78. The van der Waals surface area contributed by atoms with Gasteiger partial charge in [-0.25, -0.2) is 0 Å². The fourth-order valence-electron chi connectivity index (χ4n) is 3.92. The van der Waals surface area contributed by atoms with Crippen LogP contribution in [0.15, 0.2) is 23.2 Å². The Balaban J connectivity index is 1.53. The zero-order chi connectivity index (χ0) is 20.6. The molecule has 1 heterocycles. The molecule has 2 aromatic rings. The van der Waals surface area contributed by atoms with Crippen molar-refractivity contribution in [1.82, 2.24) is 15.6 Å². The van der Waals surface area contributed by atoms with E-state index in [2.05, 4.69) is 33.6 Å². The molecule has 1 aromatic carbocycles. The highest BCUT2D eigenvalue weighted by atomic mass is 16.5. The molecule has 1 saturated carbocycles. The first kappa shape index (κ1) is 21.3. The fourth-order valence-corrected chi connectivity index (χ4v) is 3.92. The Morgan fingerprint density at radius 2 is 2.07 bits per heavy atom. The number of H-pyrrole nitrogens is 1. The monoisotopic (exact) mass is 402 g/mol. The van der Waals surface area contributed by atoms with Crippen molar-refractivity contribution in [3.8, 4) is 11.5 Å². The predicted molar refractivity (Wildman–Crippen MR) is 117 cm³/mol. The molecular weight excluding hydrogens is 368 g/mol. The van der Waals surface area contributed by atoms with Gasteiger partial charge < -0.3 is 30.2 Å². The lowest BCUT2D eigenvalue weighted by Gasteiger charge is -2.14. The topological polar surface area (TPSA) is 90.9 Å². The fraction of sp³-hybridized carbons (Fsp3) is 0.591. The first-order chi connectivity index (χ1) is 14.1. The highest BCUT2D eigenvalue weighted by Crippen LogP contribution is 2.31. The van der Waals surface area contributed by atoms with Gasteiger partial charge in [0.2, 0.25) is 0 Å². The highest BCUT2D eigenvalue weighted by Gasteiger charge is 2.24. The van der Waals surface area contributed by atoms with E-state index in [1.165, 1.54) is 5.69 Å². The number of fused-ring (bicyclic) bond motifs is 1. The summed E-state index contributed by atoms with van der Waals surface area (Å²) in [5.74, 6) is 2.72. The normalized spacial score (nSPS) is 19.5. The predicted octanol–water partition coefficient (Wildman–Crippen LogP) is 2.83. The van der Waals surface area contributed by atoms with Crippen molar-refractivity contribution in [2.24, 2.45) is 10.9 Å². The van der Waals surface area contributed by atoms with E-state index >= 15 is 0 Å². The molecule has 4 N–H and O–H groups in total. The molecule has 2 atom stereocenters. The molecule has 0 aliphatic heterocycles. The number of aromatic amines is 1. The van der Waals surface area contributed by atoms with Crippen LogP contribution in [-0.4, -0.2) is 56.0 Å². The number of aliphatic hydroxyl groups excluding tert-OH is 1. The van der Waals surface area contributed by atoms with E-state index in [4.69, 9.17) is 9.47 Å². The summed E-state index contributed by atoms with van der Waals surface area (Å²) in [5.41, 5.74) is 2.19. The van der Waals surface area contributed by atoms with Crippen molar-refractivity contribution in [3.05, 3.63) is 23.9 Å². The molecule has 0 saturated heterocycles. The smallest absolute Gasteiger partial charge is 0.191 e. The first-order valence-electron chi connectivity index (χ1n) is 10.6. The van der Waals surface area contributed by atoms with E-state index in [0.29, 0.717) is 12.5 Å². The lowest BCUT2D eigenvalue weighted by molar-refractivity contribution is 0.136. The Morgan fingerprint density at radius 1 is 1.21 bits per heavy atom. The van der Waals surface area contributed by atoms with Crippen molar-refractivity contribution < 1.29 is 14.6 Å². The molecule has 1 fully saturated rings. The number of aryl methyl sites for hydroxylation is 1. The molecule has 0 amide bonds. The standard InChI is InChI=1S/C22H34N4O3/c1-4-23-22(25-14-15-7-5-9-20(15)27)24-10-6-8-16-11-18-19(26-16)12-17(28-2)13-21(18)29-3/h11-13,15,20,26-27H,4-10,14H2,1-3H3,(H2,23,24,25). The van der Waals surface area contributed by atoms with Gasteiger partial charge in [-0.2, -0.15) is 0 Å². The number of aliphatic imine (C=N–C) groups is 1. The summed E-state index contributed by atoms with van der Waals surface area (Å²) < 4.78 is 10.8. The van der Waals surface area contributed by atoms with Gasteiger partial charge in [-0.1, -0.05) is 6.42 Å². The minimum Gasteiger partial charge on any atom is -0.497 e. The lowest BCUT2D eigenvalue weighted by atomic mass is 10.1. The minimum atomic E-state index is -0.195. The number of hydrogen-bond acceptors (Lipinski definition) is 4. The molecule has 0 radical (unpaired) electrons. The molecule has 0 spiro atoms. The Kier molecular flexibility index (Phi) is 7.63. The number of benzene rings is 1. The molecule has 7 nitrogen and oxygen atoms in total. The van der Waals surface area contributed by atoms with E-state index in [0.717, 1.165) is 73.6 Å². The third-order valence-corrected chi connectivity index (χ3v) is 5.55. The van der Waals surface area contributed by atoms with Gasteiger partial charge in [-0.15, -0.1) is 0 Å². The summed E-state index contributed by atoms with van der Waals surface area (Å²) in [7, 11) is 3.34. The van der Waals surface area contributed by atoms with Crippen LogP contribution in [0.5, 0.6) is 11.5 Å². The molecule has 1 aliphatic carbocycles. The average Bonchev–Trinajstić information content (AvgIpc) is 3.33. The van der Waals surface area contributed by atoms with Crippen LogP contribution in [0.25, 0.3) is 10.9 Å². The van der Waals surface area contributed by atoms with Gasteiger partial charge in [-0.3, -0.25) is 4.99 Å². The Bertz CT molecular complexity index is 818. The molecule has 1 aliphatic rings. The number of nitrogens with one attached hydrogen (secondary N) is 3. The van der Waals surface area contributed by atoms with E-state index in [1.54, 1.807) is 14.2 Å². The van der Waals surface area contributed by atoms with Crippen LogP contribution in [0.4, 0.5) is 0 Å². The van der Waals surface area contributed by atoms with Gasteiger partial charge in [-0.05, 0) is 38.7 Å². The molecule has 3 rings (SSSR count). The molecule has 7 heteroatoms. The molecular formula is C22H34N4O3. The van der Waals surface area contributed by atoms with Crippen molar-refractivity contribution in [1.29, 1.82) is 0 Å². The van der Waals surface area contributed by atoms with Crippen LogP contribution in [-0.2, 0) is 6.42 Å². The van der Waals surface area contributed by atoms with Crippen molar-refractivity contribution in [3.63, 3.8) is 0 Å². The van der Waals surface area contributed by atoms with Crippen LogP contribution in [0, 0.1) is 5.92 Å². The second-order valence-corrected chi connectivity index (χ2v) is 7.59. The summed E-state index contributed by atoms with van der Waals surface area (Å²) >= 11 is 0. The Morgan fingerprint density at radius 3 is 2.76 bits per heavy atom. The number of guanidine groups is 1. The maximum Gasteiger partial charge on any atom is 0.191 e. The number of rotatable bonds is 9. The van der Waals surface area contributed by atoms with Gasteiger partial charge in [0.1, 0.15) is 11.5 Å². The summed E-state index contributed by atoms with van der Waals surface area (Å²) in [4.78, 5) is 8.13. The number of ether oxygens (including phenoxy) is 2. The zero-order valence-electron chi connectivity index (χ0n) is 17.8. The zero-order valence-corrected chi connectivity index (χ0v) is 17.8. The molecule has 160 valence electrons. The molecule has 0 bridgehead atoms. The van der Waals surface area contributed by atoms with Gasteiger partial charge in [0, 0.05) is 48.8 Å². The summed E-state index contributed by atoms with van der Waals surface area (Å²) in [6.45, 7) is 4.39. The van der Waals surface area contributed by atoms with Crippen LogP contribution >= 0.6 is 0 Å². The van der Waals surface area contributed by atoms with Crippen molar-refractivity contribution >= 4 is 16.9 Å². The molecule has 1 aromatic heterocycles. The first-order valence-corrected chi connectivity index (χ1v) is 10.6. The Labute approximate surface area is 172 Å². The van der Waals surface area contributed by atoms with Crippen molar-refractivity contribution in [2.75, 3.05) is 33.9 Å². The minimum absolute atomic E-state index is 0.195. The van der Waals surface area contributed by atoms with E-state index in [-0.39, 0.29) is 6.10 Å². The van der Waals surface area contributed by atoms with Crippen molar-refractivity contribution in [2.45, 2.75) is 45.1 Å². The van der Waals surface area contributed by atoms with Crippen LogP contribution in [0.2, 0.25) is 0 Å². The van der Waals surface area contributed by atoms with E-state index < -0.39 is 0 Å². The number of aromatic nitrogens is 1.